The Labute approximate surface area is 162 Å². The Morgan fingerprint density at radius 1 is 1.11 bits per heavy atom. The minimum Gasteiger partial charge on any atom is -0.497 e. The fourth-order valence-corrected chi connectivity index (χ4v) is 3.16. The molecule has 6 nitrogen and oxygen atoms in total. The smallest absolute Gasteiger partial charge is 0.266 e. The molecule has 0 aliphatic carbocycles. The molecule has 1 unspecified atom stereocenters. The number of anilines is 1. The van der Waals surface area contributed by atoms with E-state index in [-0.39, 0.29) is 5.91 Å². The minimum absolute atomic E-state index is 0.270. The summed E-state index contributed by atoms with van der Waals surface area (Å²) in [4.78, 5) is 12.4. The molecule has 1 N–H and O–H groups in total. The molecule has 2 aromatic carbocycles. The Morgan fingerprint density at radius 3 is 2.56 bits per heavy atom. The van der Waals surface area contributed by atoms with E-state index >= 15 is 0 Å². The van der Waals surface area contributed by atoms with E-state index in [1.165, 1.54) is 11.3 Å². The van der Waals surface area contributed by atoms with Crippen molar-refractivity contribution in [2.24, 2.45) is 0 Å². The van der Waals surface area contributed by atoms with Crippen LogP contribution in [-0.2, 0) is 4.79 Å². The molecule has 27 heavy (non-hydrogen) atoms. The third-order valence-corrected chi connectivity index (χ3v) is 4.90. The van der Waals surface area contributed by atoms with E-state index in [9.17, 15) is 4.79 Å². The Bertz CT molecular complexity index is 938. The Morgan fingerprint density at radius 2 is 1.85 bits per heavy atom. The molecule has 0 fully saturated rings. The maximum atomic E-state index is 12.4. The highest BCUT2D eigenvalue weighted by Crippen LogP contribution is 2.28. The maximum absolute atomic E-state index is 12.4. The number of ether oxygens (including phenoxy) is 2. The molecule has 0 aliphatic heterocycles. The van der Waals surface area contributed by atoms with Crippen molar-refractivity contribution < 1.29 is 14.3 Å². The van der Waals surface area contributed by atoms with Gasteiger partial charge < -0.3 is 9.47 Å². The Hall–Kier alpha value is -2.93. The van der Waals surface area contributed by atoms with Gasteiger partial charge in [0, 0.05) is 5.56 Å². The second-order valence-corrected chi connectivity index (χ2v) is 7.14. The van der Waals surface area contributed by atoms with E-state index in [1.807, 2.05) is 56.3 Å². The van der Waals surface area contributed by atoms with E-state index in [2.05, 4.69) is 15.5 Å². The van der Waals surface area contributed by atoms with Crippen molar-refractivity contribution in [2.45, 2.75) is 26.9 Å². The van der Waals surface area contributed by atoms with Gasteiger partial charge in [-0.15, -0.1) is 10.2 Å². The van der Waals surface area contributed by atoms with Gasteiger partial charge in [0.25, 0.3) is 5.91 Å². The third kappa shape index (κ3) is 4.62. The number of nitrogens with zero attached hydrogens (tertiary/aromatic N) is 2. The molecule has 1 amide bonds. The number of benzene rings is 2. The number of rotatable bonds is 6. The van der Waals surface area contributed by atoms with Crippen LogP contribution in [0.25, 0.3) is 10.6 Å². The molecule has 0 saturated heterocycles. The van der Waals surface area contributed by atoms with Crippen LogP contribution in [0.3, 0.4) is 0 Å². The van der Waals surface area contributed by atoms with Crippen LogP contribution in [0.5, 0.6) is 11.5 Å². The summed E-state index contributed by atoms with van der Waals surface area (Å²) in [5.41, 5.74) is 2.97. The minimum atomic E-state index is -0.654. The van der Waals surface area contributed by atoms with E-state index < -0.39 is 6.10 Å². The van der Waals surface area contributed by atoms with Crippen molar-refractivity contribution in [2.75, 3.05) is 12.4 Å². The second kappa shape index (κ2) is 8.18. The first kappa shape index (κ1) is 18.8. The van der Waals surface area contributed by atoms with E-state index in [1.54, 1.807) is 14.0 Å². The first-order valence-electron chi connectivity index (χ1n) is 8.49. The summed E-state index contributed by atoms with van der Waals surface area (Å²) in [6.07, 6.45) is -0.654. The summed E-state index contributed by atoms with van der Waals surface area (Å²) in [7, 11) is 1.62. The molecule has 0 spiro atoms. The molecule has 140 valence electrons. The van der Waals surface area contributed by atoms with Gasteiger partial charge in [-0.2, -0.15) is 0 Å². The lowest BCUT2D eigenvalue weighted by Crippen LogP contribution is -2.30. The second-order valence-electron chi connectivity index (χ2n) is 6.16. The van der Waals surface area contributed by atoms with Crippen LogP contribution >= 0.6 is 11.3 Å². The Balaban J connectivity index is 1.65. The zero-order chi connectivity index (χ0) is 19.4. The van der Waals surface area contributed by atoms with Gasteiger partial charge in [0.15, 0.2) is 6.10 Å². The molecule has 0 radical (unpaired) electrons. The van der Waals surface area contributed by atoms with Crippen LogP contribution in [-0.4, -0.2) is 29.3 Å². The molecule has 1 heterocycles. The molecule has 7 heteroatoms. The number of hydrogen-bond acceptors (Lipinski definition) is 6. The van der Waals surface area contributed by atoms with Crippen molar-refractivity contribution in [3.8, 4) is 22.1 Å². The van der Waals surface area contributed by atoms with Crippen LogP contribution in [0, 0.1) is 13.8 Å². The first-order valence-corrected chi connectivity index (χ1v) is 9.30. The predicted molar refractivity (Wildman–Crippen MR) is 107 cm³/mol. The van der Waals surface area contributed by atoms with Crippen LogP contribution < -0.4 is 14.8 Å². The summed E-state index contributed by atoms with van der Waals surface area (Å²) in [6, 6.07) is 13.4. The van der Waals surface area contributed by atoms with E-state index in [0.29, 0.717) is 10.9 Å². The predicted octanol–water partition coefficient (Wildman–Crippen LogP) is 4.24. The first-order chi connectivity index (χ1) is 13.0. The lowest BCUT2D eigenvalue weighted by Gasteiger charge is -2.15. The highest BCUT2D eigenvalue weighted by atomic mass is 32.1. The van der Waals surface area contributed by atoms with Gasteiger partial charge >= 0.3 is 0 Å². The number of aromatic nitrogens is 2. The number of amides is 1. The van der Waals surface area contributed by atoms with Gasteiger partial charge in [-0.1, -0.05) is 23.5 Å². The molecule has 3 rings (SSSR count). The Kier molecular flexibility index (Phi) is 5.71. The molecule has 0 aliphatic rings. The summed E-state index contributed by atoms with van der Waals surface area (Å²) in [5, 5.41) is 12.1. The molecule has 0 saturated carbocycles. The van der Waals surface area contributed by atoms with Crippen molar-refractivity contribution in [3.63, 3.8) is 0 Å². The zero-order valence-electron chi connectivity index (χ0n) is 15.6. The van der Waals surface area contributed by atoms with Crippen LogP contribution in [0.4, 0.5) is 5.13 Å². The fraction of sp³-hybridized carbons (Fsp3) is 0.250. The van der Waals surface area contributed by atoms with Crippen molar-refractivity contribution in [3.05, 3.63) is 53.6 Å². The van der Waals surface area contributed by atoms with Gasteiger partial charge in [0.2, 0.25) is 5.13 Å². The van der Waals surface area contributed by atoms with Gasteiger partial charge in [-0.05, 0) is 62.2 Å². The fourth-order valence-electron chi connectivity index (χ4n) is 2.41. The summed E-state index contributed by atoms with van der Waals surface area (Å²) in [6.45, 7) is 5.65. The van der Waals surface area contributed by atoms with Gasteiger partial charge in [-0.25, -0.2) is 0 Å². The van der Waals surface area contributed by atoms with Crippen molar-refractivity contribution >= 4 is 22.4 Å². The van der Waals surface area contributed by atoms with Crippen molar-refractivity contribution in [1.82, 2.24) is 10.2 Å². The molecule has 3 aromatic rings. The number of methoxy groups -OCH3 is 1. The maximum Gasteiger partial charge on any atom is 0.266 e. The number of nitrogens with one attached hydrogen (secondary N) is 1. The van der Waals surface area contributed by atoms with Crippen molar-refractivity contribution in [1.29, 1.82) is 0 Å². The van der Waals surface area contributed by atoms with Crippen LogP contribution in [0.1, 0.15) is 18.1 Å². The van der Waals surface area contributed by atoms with Gasteiger partial charge in [-0.3, -0.25) is 10.1 Å². The largest absolute Gasteiger partial charge is 0.497 e. The third-order valence-electron chi connectivity index (χ3n) is 4.01. The summed E-state index contributed by atoms with van der Waals surface area (Å²) >= 11 is 1.31. The number of hydrogen-bond donors (Lipinski definition) is 1. The van der Waals surface area contributed by atoms with Crippen LogP contribution in [0.15, 0.2) is 42.5 Å². The summed E-state index contributed by atoms with van der Waals surface area (Å²) < 4.78 is 11.0. The number of aryl methyl sites for hydroxylation is 2. The zero-order valence-corrected chi connectivity index (χ0v) is 16.5. The standard InChI is InChI=1S/C20H21N3O3S/c1-12-5-6-13(2)17(11-12)26-14(3)18(24)21-20-23-22-19(27-20)15-7-9-16(25-4)10-8-15/h5-11,14H,1-4H3,(H,21,23,24). The normalized spacial score (nSPS) is 11.7. The highest BCUT2D eigenvalue weighted by molar-refractivity contribution is 7.18. The van der Waals surface area contributed by atoms with Gasteiger partial charge in [0.1, 0.15) is 16.5 Å². The van der Waals surface area contributed by atoms with Crippen LogP contribution in [0.2, 0.25) is 0 Å². The molecular formula is C20H21N3O3S. The lowest BCUT2D eigenvalue weighted by atomic mass is 10.1. The molecular weight excluding hydrogens is 362 g/mol. The summed E-state index contributed by atoms with van der Waals surface area (Å²) in [5.74, 6) is 1.20. The lowest BCUT2D eigenvalue weighted by molar-refractivity contribution is -0.122. The highest BCUT2D eigenvalue weighted by Gasteiger charge is 2.18. The number of carbonyl (C=O) groups excluding carboxylic acids is 1. The monoisotopic (exact) mass is 383 g/mol. The average molecular weight is 383 g/mol. The van der Waals surface area contributed by atoms with E-state index in [4.69, 9.17) is 9.47 Å². The molecule has 0 bridgehead atoms. The van der Waals surface area contributed by atoms with Gasteiger partial charge in [0.05, 0.1) is 7.11 Å². The molecule has 1 atom stereocenters. The number of carbonyl (C=O) groups is 1. The average Bonchev–Trinajstić information content (AvgIpc) is 3.13. The molecule has 1 aromatic heterocycles. The SMILES string of the molecule is COc1ccc(-c2nnc(NC(=O)C(C)Oc3cc(C)ccc3C)s2)cc1. The van der Waals surface area contributed by atoms with E-state index in [0.717, 1.165) is 27.4 Å². The quantitative estimate of drug-likeness (QED) is 0.689. The topological polar surface area (TPSA) is 73.3 Å².